The Morgan fingerprint density at radius 3 is 2.48 bits per heavy atom. The molecule has 0 spiro atoms. The van der Waals surface area contributed by atoms with Gasteiger partial charge in [-0.3, -0.25) is 14.4 Å². The van der Waals surface area contributed by atoms with Gasteiger partial charge < -0.3 is 15.5 Å². The van der Waals surface area contributed by atoms with Crippen LogP contribution in [0.2, 0.25) is 10.0 Å². The fourth-order valence-corrected chi connectivity index (χ4v) is 3.54. The van der Waals surface area contributed by atoms with Crippen molar-refractivity contribution in [3.05, 3.63) is 58.1 Å². The molecule has 29 heavy (non-hydrogen) atoms. The van der Waals surface area contributed by atoms with Gasteiger partial charge in [0.15, 0.2) is 0 Å². The number of anilines is 2. The van der Waals surface area contributed by atoms with Crippen LogP contribution in [-0.2, 0) is 20.8 Å². The number of amides is 3. The summed E-state index contributed by atoms with van der Waals surface area (Å²) in [5.41, 5.74) is 2.39. The van der Waals surface area contributed by atoms with Crippen molar-refractivity contribution in [3.8, 4) is 0 Å². The summed E-state index contributed by atoms with van der Waals surface area (Å²) in [5, 5.41) is 6.33. The fraction of sp³-hybridized carbons (Fsp3) is 0.286. The van der Waals surface area contributed by atoms with Crippen molar-refractivity contribution >= 4 is 52.3 Å². The van der Waals surface area contributed by atoms with Crippen molar-refractivity contribution in [1.29, 1.82) is 0 Å². The normalized spacial score (nSPS) is 16.0. The van der Waals surface area contributed by atoms with Crippen molar-refractivity contribution < 1.29 is 14.4 Å². The molecule has 0 aliphatic carbocycles. The molecule has 8 heteroatoms. The maximum Gasteiger partial charge on any atom is 0.239 e. The molecule has 1 atom stereocenters. The van der Waals surface area contributed by atoms with Gasteiger partial charge in [-0.1, -0.05) is 35.3 Å². The number of halogens is 2. The lowest BCUT2D eigenvalue weighted by Gasteiger charge is -2.17. The van der Waals surface area contributed by atoms with E-state index in [1.807, 2.05) is 24.3 Å². The molecule has 0 radical (unpaired) electrons. The molecule has 3 amide bonds. The molecule has 0 bridgehead atoms. The molecule has 2 aromatic rings. The van der Waals surface area contributed by atoms with Gasteiger partial charge in [-0.05, 0) is 48.7 Å². The van der Waals surface area contributed by atoms with Crippen LogP contribution in [0.15, 0.2) is 42.5 Å². The van der Waals surface area contributed by atoms with Crippen LogP contribution < -0.4 is 15.5 Å². The first-order chi connectivity index (χ1) is 13.8. The van der Waals surface area contributed by atoms with Gasteiger partial charge in [-0.15, -0.1) is 0 Å². The third-order valence-corrected chi connectivity index (χ3v) is 5.46. The van der Waals surface area contributed by atoms with Crippen molar-refractivity contribution in [1.82, 2.24) is 5.32 Å². The highest BCUT2D eigenvalue weighted by Crippen LogP contribution is 2.31. The zero-order valence-electron chi connectivity index (χ0n) is 15.9. The van der Waals surface area contributed by atoms with Gasteiger partial charge in [0.1, 0.15) is 5.92 Å². The molecule has 2 aromatic carbocycles. The summed E-state index contributed by atoms with van der Waals surface area (Å²) >= 11 is 12.0. The largest absolute Gasteiger partial charge is 0.355 e. The van der Waals surface area contributed by atoms with Crippen LogP contribution in [0.5, 0.6) is 0 Å². The zero-order chi connectivity index (χ0) is 21.0. The van der Waals surface area contributed by atoms with Crippen LogP contribution in [0.1, 0.15) is 18.9 Å². The Morgan fingerprint density at radius 2 is 1.83 bits per heavy atom. The lowest BCUT2D eigenvalue weighted by atomic mass is 10.1. The third kappa shape index (κ3) is 5.28. The highest BCUT2D eigenvalue weighted by Gasteiger charge is 2.37. The topological polar surface area (TPSA) is 78.5 Å². The minimum atomic E-state index is -0.702. The number of carbonyl (C=O) groups excluding carboxylic acids is 3. The van der Waals surface area contributed by atoms with E-state index >= 15 is 0 Å². The Labute approximate surface area is 179 Å². The van der Waals surface area contributed by atoms with Gasteiger partial charge in [0.25, 0.3) is 0 Å². The highest BCUT2D eigenvalue weighted by atomic mass is 35.5. The number of benzene rings is 2. The minimum absolute atomic E-state index is 0.124. The Bertz CT molecular complexity index is 931. The first kappa shape index (κ1) is 21.1. The van der Waals surface area contributed by atoms with E-state index in [1.165, 1.54) is 6.92 Å². The van der Waals surface area contributed by atoms with E-state index in [4.69, 9.17) is 23.2 Å². The van der Waals surface area contributed by atoms with Crippen LogP contribution in [-0.4, -0.2) is 30.8 Å². The van der Waals surface area contributed by atoms with Gasteiger partial charge >= 0.3 is 0 Å². The maximum absolute atomic E-state index is 12.7. The van der Waals surface area contributed by atoms with E-state index in [1.54, 1.807) is 23.1 Å². The summed E-state index contributed by atoms with van der Waals surface area (Å²) < 4.78 is 0. The molecule has 1 saturated heterocycles. The maximum atomic E-state index is 12.7. The summed E-state index contributed by atoms with van der Waals surface area (Å²) in [7, 11) is 0. The molecule has 1 fully saturated rings. The molecule has 1 heterocycles. The number of hydrogen-bond donors (Lipinski definition) is 2. The Hall–Kier alpha value is -2.57. The summed E-state index contributed by atoms with van der Waals surface area (Å²) in [6.07, 6.45) is 1.08. The van der Waals surface area contributed by atoms with E-state index < -0.39 is 5.92 Å². The second kappa shape index (κ2) is 9.29. The predicted molar refractivity (Wildman–Crippen MR) is 114 cm³/mol. The first-order valence-corrected chi connectivity index (χ1v) is 10.0. The van der Waals surface area contributed by atoms with E-state index in [2.05, 4.69) is 10.6 Å². The third-order valence-electron chi connectivity index (χ3n) is 4.72. The smallest absolute Gasteiger partial charge is 0.239 e. The molecule has 6 nitrogen and oxygen atoms in total. The molecule has 2 N–H and O–H groups in total. The number of hydrogen-bond acceptors (Lipinski definition) is 3. The molecule has 3 rings (SSSR count). The molecule has 0 aromatic heterocycles. The molecular weight excluding hydrogens is 413 g/mol. The molecule has 1 unspecified atom stereocenters. The number of rotatable bonds is 6. The van der Waals surface area contributed by atoms with Crippen LogP contribution in [0.25, 0.3) is 0 Å². The van der Waals surface area contributed by atoms with Crippen molar-refractivity contribution in [3.63, 3.8) is 0 Å². The molecule has 152 valence electrons. The molecular formula is C21H21Cl2N3O3. The van der Waals surface area contributed by atoms with E-state index in [9.17, 15) is 14.4 Å². The second-order valence-corrected chi connectivity index (χ2v) is 7.66. The average molecular weight is 434 g/mol. The fourth-order valence-electron chi connectivity index (χ4n) is 3.24. The lowest BCUT2D eigenvalue weighted by Crippen LogP contribution is -2.37. The summed E-state index contributed by atoms with van der Waals surface area (Å²) in [4.78, 5) is 37.7. The Kier molecular flexibility index (Phi) is 6.77. The highest BCUT2D eigenvalue weighted by molar-refractivity contribution is 6.42. The number of nitrogens with zero attached hydrogens (tertiary/aromatic N) is 1. The monoisotopic (exact) mass is 433 g/mol. The molecule has 1 aliphatic heterocycles. The van der Waals surface area contributed by atoms with Crippen molar-refractivity contribution in [2.75, 3.05) is 23.3 Å². The Morgan fingerprint density at radius 1 is 1.10 bits per heavy atom. The van der Waals surface area contributed by atoms with Gasteiger partial charge in [0, 0.05) is 31.4 Å². The quantitative estimate of drug-likeness (QED) is 0.682. The van der Waals surface area contributed by atoms with Crippen LogP contribution in [0.4, 0.5) is 11.4 Å². The molecule has 0 saturated carbocycles. The average Bonchev–Trinajstić information content (AvgIpc) is 3.06. The van der Waals surface area contributed by atoms with Gasteiger partial charge in [-0.25, -0.2) is 0 Å². The van der Waals surface area contributed by atoms with Crippen molar-refractivity contribution in [2.45, 2.75) is 19.8 Å². The summed E-state index contributed by atoms with van der Waals surface area (Å²) in [5.74, 6) is -1.33. The van der Waals surface area contributed by atoms with Crippen LogP contribution in [0, 0.1) is 5.92 Å². The lowest BCUT2D eigenvalue weighted by molar-refractivity contribution is -0.132. The van der Waals surface area contributed by atoms with Crippen LogP contribution in [0.3, 0.4) is 0 Å². The van der Waals surface area contributed by atoms with E-state index in [0.29, 0.717) is 41.7 Å². The Balaban J connectivity index is 1.51. The zero-order valence-corrected chi connectivity index (χ0v) is 17.4. The predicted octanol–water partition coefficient (Wildman–Crippen LogP) is 3.66. The van der Waals surface area contributed by atoms with E-state index in [0.717, 1.165) is 11.3 Å². The SMILES string of the molecule is CC(=O)Nc1ccc(CCNC(=O)C2CCN(c3ccc(Cl)c(Cl)c3)C2=O)cc1. The van der Waals surface area contributed by atoms with E-state index in [-0.39, 0.29) is 17.7 Å². The molecule has 1 aliphatic rings. The summed E-state index contributed by atoms with van der Waals surface area (Å²) in [6.45, 7) is 2.34. The van der Waals surface area contributed by atoms with Crippen LogP contribution >= 0.6 is 23.2 Å². The number of carbonyl (C=O) groups is 3. The minimum Gasteiger partial charge on any atom is -0.355 e. The first-order valence-electron chi connectivity index (χ1n) is 9.26. The van der Waals surface area contributed by atoms with Crippen molar-refractivity contribution in [2.24, 2.45) is 5.92 Å². The second-order valence-electron chi connectivity index (χ2n) is 6.85. The standard InChI is InChI=1S/C21H21Cl2N3O3/c1-13(27)25-15-4-2-14(3-5-15)8-10-24-20(28)17-9-11-26(21(17)29)16-6-7-18(22)19(23)12-16/h2-7,12,17H,8-11H2,1H3,(H,24,28)(H,25,27). The van der Waals surface area contributed by atoms with Gasteiger partial charge in [-0.2, -0.15) is 0 Å². The number of nitrogens with one attached hydrogen (secondary N) is 2. The van der Waals surface area contributed by atoms with Gasteiger partial charge in [0.05, 0.1) is 10.0 Å². The van der Waals surface area contributed by atoms with Gasteiger partial charge in [0.2, 0.25) is 17.7 Å². The summed E-state index contributed by atoms with van der Waals surface area (Å²) in [6, 6.07) is 12.4.